The molecule has 0 bridgehead atoms. The average molecular weight is 979 g/mol. The van der Waals surface area contributed by atoms with Crippen molar-refractivity contribution >= 4 is 13.8 Å². The first kappa shape index (κ1) is 64.4. The predicted molar refractivity (Wildman–Crippen MR) is 272 cm³/mol. The zero-order valence-electron chi connectivity index (χ0n) is 43.2. The van der Waals surface area contributed by atoms with Gasteiger partial charge in [0.25, 0.3) is 0 Å². The molecule has 0 heterocycles. The third-order valence-corrected chi connectivity index (χ3v) is 14.7. The first-order valence-corrected chi connectivity index (χ1v) is 29.9. The quantitative estimate of drug-likeness (QED) is 0.0192. The van der Waals surface area contributed by atoms with Crippen LogP contribution in [0.4, 0.5) is 0 Å². The minimum absolute atomic E-state index is 0.0672. The van der Waals surface area contributed by atoms with Gasteiger partial charge in [-0.15, -0.1) is 0 Å². The lowest BCUT2D eigenvalue weighted by Gasteiger charge is -2.41. The van der Waals surface area contributed by atoms with Crippen LogP contribution in [0.1, 0.15) is 277 Å². The minimum Gasteiger partial charge on any atom is -0.457 e. The van der Waals surface area contributed by atoms with Crippen LogP contribution >= 0.6 is 7.82 Å². The summed E-state index contributed by atoms with van der Waals surface area (Å²) in [6.07, 6.45) is 38.9. The molecule has 0 aromatic rings. The van der Waals surface area contributed by atoms with Crippen LogP contribution in [0.15, 0.2) is 0 Å². The maximum atomic E-state index is 12.9. The highest BCUT2D eigenvalue weighted by Crippen LogP contribution is 2.47. The van der Waals surface area contributed by atoms with Crippen LogP contribution in [0.3, 0.4) is 0 Å². The van der Waals surface area contributed by atoms with E-state index in [9.17, 15) is 39.8 Å². The van der Waals surface area contributed by atoms with E-state index >= 15 is 0 Å². The molecule has 8 atom stereocenters. The molecule has 0 saturated heterocycles. The van der Waals surface area contributed by atoms with Crippen molar-refractivity contribution < 1.29 is 58.3 Å². The number of unbranched alkanes of at least 4 members (excludes halogenated alkanes) is 38. The largest absolute Gasteiger partial charge is 0.472 e. The third-order valence-electron chi connectivity index (χ3n) is 13.7. The molecular formula is C54H107O12P. The summed E-state index contributed by atoms with van der Waals surface area (Å²) in [5, 5.41) is 50.4. The molecule has 0 aliphatic heterocycles. The fourth-order valence-electron chi connectivity index (χ4n) is 9.24. The Kier molecular flexibility index (Phi) is 43.4. The number of aliphatic hydroxyl groups is 5. The number of hydrogen-bond donors (Lipinski definition) is 6. The minimum atomic E-state index is -5.02. The van der Waals surface area contributed by atoms with Crippen LogP contribution in [0.25, 0.3) is 0 Å². The van der Waals surface area contributed by atoms with Gasteiger partial charge in [-0.2, -0.15) is 0 Å². The summed E-state index contributed by atoms with van der Waals surface area (Å²) >= 11 is 0. The molecule has 6 N–H and O–H groups in total. The van der Waals surface area contributed by atoms with Crippen molar-refractivity contribution in [2.75, 3.05) is 19.8 Å². The zero-order chi connectivity index (χ0) is 49.1. The number of carbonyl (C=O) groups is 1. The highest BCUT2D eigenvalue weighted by Gasteiger charge is 2.51. The Morgan fingerprint density at radius 3 is 1.03 bits per heavy atom. The molecule has 0 spiro atoms. The Balaban J connectivity index is 2.25. The summed E-state index contributed by atoms with van der Waals surface area (Å²) in [4.78, 5) is 23.3. The van der Waals surface area contributed by atoms with Crippen molar-refractivity contribution in [2.45, 2.75) is 320 Å². The fraction of sp³-hybridized carbons (Fsp3) is 0.981. The standard InChI is InChI=1S/C54H107O12P/c1-3-5-7-9-11-13-15-17-19-21-22-23-24-25-26-27-28-29-31-33-35-37-39-41-43-48(55)65-47(46-64-67(61,62)66-54-52(59)50(57)49(56)51(58)53(54)60)45-63-44-42-40-38-36-34-32-30-20-18-16-14-12-10-8-6-4-2/h47,49-54,56-60H,3-46H2,1-2H3,(H,61,62)/t47-,49?,50-,51?,52?,53?,54?/m1/s1. The van der Waals surface area contributed by atoms with Gasteiger partial charge in [0.2, 0.25) is 0 Å². The molecular weight excluding hydrogens is 872 g/mol. The highest BCUT2D eigenvalue weighted by molar-refractivity contribution is 7.47. The molecule has 12 nitrogen and oxygen atoms in total. The molecule has 13 heteroatoms. The van der Waals surface area contributed by atoms with Crippen LogP contribution in [0.2, 0.25) is 0 Å². The molecule has 1 aliphatic carbocycles. The number of hydrogen-bond acceptors (Lipinski definition) is 11. The van der Waals surface area contributed by atoms with E-state index in [0.717, 1.165) is 38.5 Å². The van der Waals surface area contributed by atoms with Gasteiger partial charge in [-0.1, -0.05) is 258 Å². The topological polar surface area (TPSA) is 192 Å². The summed E-state index contributed by atoms with van der Waals surface area (Å²) in [7, 11) is -5.02. The van der Waals surface area contributed by atoms with Crippen molar-refractivity contribution in [1.29, 1.82) is 0 Å². The first-order chi connectivity index (χ1) is 32.5. The molecule has 1 saturated carbocycles. The normalized spacial score (nSPS) is 21.1. The second-order valence-corrected chi connectivity index (χ2v) is 21.6. The number of rotatable bonds is 50. The van der Waals surface area contributed by atoms with Crippen LogP contribution in [-0.4, -0.2) is 98.9 Å². The third kappa shape index (κ3) is 36.9. The Bertz CT molecular complexity index is 1120. The fourth-order valence-corrected chi connectivity index (χ4v) is 10.2. The van der Waals surface area contributed by atoms with E-state index in [0.29, 0.717) is 13.0 Å². The summed E-state index contributed by atoms with van der Waals surface area (Å²) in [6, 6.07) is 0. The number of ether oxygens (including phenoxy) is 2. The van der Waals surface area contributed by atoms with Gasteiger partial charge >= 0.3 is 13.8 Å². The van der Waals surface area contributed by atoms with Crippen molar-refractivity contribution in [3.63, 3.8) is 0 Å². The second kappa shape index (κ2) is 45.2. The van der Waals surface area contributed by atoms with Gasteiger partial charge in [0, 0.05) is 13.0 Å². The lowest BCUT2D eigenvalue weighted by molar-refractivity contribution is -0.220. The summed E-state index contributed by atoms with van der Waals surface area (Å²) in [6.45, 7) is 4.33. The van der Waals surface area contributed by atoms with E-state index in [1.165, 1.54) is 212 Å². The second-order valence-electron chi connectivity index (χ2n) is 20.2. The Morgan fingerprint density at radius 2 is 0.701 bits per heavy atom. The number of phosphoric ester groups is 1. The van der Waals surface area contributed by atoms with Gasteiger partial charge in [0.15, 0.2) is 0 Å². The molecule has 1 aliphatic rings. The molecule has 0 aromatic heterocycles. The molecule has 1 rings (SSSR count). The van der Waals surface area contributed by atoms with Crippen molar-refractivity contribution in [3.8, 4) is 0 Å². The van der Waals surface area contributed by atoms with Crippen LogP contribution in [0, 0.1) is 0 Å². The highest BCUT2D eigenvalue weighted by atomic mass is 31.2. The van der Waals surface area contributed by atoms with Gasteiger partial charge in [-0.3, -0.25) is 13.8 Å². The lowest BCUT2D eigenvalue weighted by atomic mass is 9.85. The SMILES string of the molecule is CCCCCCCCCCCCCCCCCCCCCCCCCCC(=O)O[C@H](COCCCCCCCCCCCCCCCCCC)COP(=O)(O)OC1C(O)C(O)C(O)[C@@H](O)C1O. The summed E-state index contributed by atoms with van der Waals surface area (Å²) in [5.74, 6) is -0.467. The molecule has 0 aromatic carbocycles. The maximum Gasteiger partial charge on any atom is 0.472 e. The number of esters is 1. The van der Waals surface area contributed by atoms with Crippen molar-refractivity contribution in [2.24, 2.45) is 0 Å². The average Bonchev–Trinajstić information content (AvgIpc) is 3.31. The van der Waals surface area contributed by atoms with Crippen LogP contribution in [-0.2, 0) is 27.9 Å². The van der Waals surface area contributed by atoms with E-state index in [4.69, 9.17) is 18.5 Å². The molecule has 1 fully saturated rings. The van der Waals surface area contributed by atoms with E-state index in [1.807, 2.05) is 0 Å². The zero-order valence-corrected chi connectivity index (χ0v) is 44.1. The number of phosphoric acid groups is 1. The summed E-state index contributed by atoms with van der Waals surface area (Å²) in [5.41, 5.74) is 0. The van der Waals surface area contributed by atoms with E-state index in [1.54, 1.807) is 0 Å². The van der Waals surface area contributed by atoms with Crippen molar-refractivity contribution in [3.05, 3.63) is 0 Å². The van der Waals surface area contributed by atoms with Crippen molar-refractivity contribution in [1.82, 2.24) is 0 Å². The van der Waals surface area contributed by atoms with Gasteiger partial charge in [0.05, 0.1) is 13.2 Å². The van der Waals surface area contributed by atoms with Gasteiger partial charge < -0.3 is 39.9 Å². The Labute approximate surface area is 410 Å². The lowest BCUT2D eigenvalue weighted by Crippen LogP contribution is -2.64. The van der Waals surface area contributed by atoms with E-state index in [-0.39, 0.29) is 13.0 Å². The van der Waals surface area contributed by atoms with E-state index < -0.39 is 63.1 Å². The van der Waals surface area contributed by atoms with Gasteiger partial charge in [0.1, 0.15) is 42.7 Å². The van der Waals surface area contributed by atoms with Gasteiger partial charge in [-0.05, 0) is 12.8 Å². The van der Waals surface area contributed by atoms with Gasteiger partial charge in [-0.25, -0.2) is 4.57 Å². The smallest absolute Gasteiger partial charge is 0.457 e. The molecule has 67 heavy (non-hydrogen) atoms. The molecule has 0 amide bonds. The Morgan fingerprint density at radius 1 is 0.418 bits per heavy atom. The van der Waals surface area contributed by atoms with Crippen LogP contribution < -0.4 is 0 Å². The number of aliphatic hydroxyl groups excluding tert-OH is 5. The number of carbonyl (C=O) groups excluding carboxylic acids is 1. The molecule has 6 unspecified atom stereocenters. The summed E-state index contributed by atoms with van der Waals surface area (Å²) < 4.78 is 34.4. The maximum absolute atomic E-state index is 12.9. The predicted octanol–water partition coefficient (Wildman–Crippen LogP) is 13.3. The molecule has 0 radical (unpaired) electrons. The monoisotopic (exact) mass is 979 g/mol. The Hall–Kier alpha value is -0.660. The van der Waals surface area contributed by atoms with Crippen LogP contribution in [0.5, 0.6) is 0 Å². The first-order valence-electron chi connectivity index (χ1n) is 28.4. The molecule has 400 valence electrons. The van der Waals surface area contributed by atoms with E-state index in [2.05, 4.69) is 13.8 Å².